The number of rotatable bonds is 1. The van der Waals surface area contributed by atoms with Gasteiger partial charge in [0.05, 0.1) is 7.11 Å². The highest BCUT2D eigenvalue weighted by molar-refractivity contribution is 5.64. The molecule has 0 spiro atoms. The number of hydrogen-bond donors (Lipinski definition) is 2. The van der Waals surface area contributed by atoms with Crippen molar-refractivity contribution in [3.8, 4) is 5.75 Å². The second-order valence-electron chi connectivity index (χ2n) is 3.40. The van der Waals surface area contributed by atoms with E-state index in [0.29, 0.717) is 0 Å². The van der Waals surface area contributed by atoms with Crippen molar-refractivity contribution in [1.82, 2.24) is 0 Å². The minimum absolute atomic E-state index is 0.101. The highest BCUT2D eigenvalue weighted by Gasteiger charge is 2.20. The van der Waals surface area contributed by atoms with E-state index in [9.17, 15) is 0 Å². The summed E-state index contributed by atoms with van der Waals surface area (Å²) in [5.74, 6) is 0.885. The van der Waals surface area contributed by atoms with Gasteiger partial charge in [0.15, 0.2) is 0 Å². The Bertz CT molecular complexity index is 336. The lowest BCUT2D eigenvalue weighted by molar-refractivity contribution is 0.414. The van der Waals surface area contributed by atoms with Crippen molar-refractivity contribution >= 4 is 5.69 Å². The van der Waals surface area contributed by atoms with Crippen LogP contribution in [0.25, 0.3) is 0 Å². The van der Waals surface area contributed by atoms with Crippen LogP contribution in [-0.2, 0) is 0 Å². The Morgan fingerprint density at radius 3 is 3.00 bits per heavy atom. The fraction of sp³-hybridized carbons (Fsp3) is 0.400. The van der Waals surface area contributed by atoms with Crippen LogP contribution in [0.15, 0.2) is 12.1 Å². The van der Waals surface area contributed by atoms with E-state index in [-0.39, 0.29) is 6.04 Å². The number of nitrogens with one attached hydrogen (secondary N) is 1. The zero-order valence-electron chi connectivity index (χ0n) is 7.92. The molecule has 0 aliphatic carbocycles. The minimum atomic E-state index is 0.101. The van der Waals surface area contributed by atoms with Gasteiger partial charge in [0.2, 0.25) is 0 Å². The summed E-state index contributed by atoms with van der Waals surface area (Å²) in [4.78, 5) is 0. The molecule has 2 rings (SSSR count). The maximum absolute atomic E-state index is 5.92. The van der Waals surface area contributed by atoms with Gasteiger partial charge in [-0.15, -0.1) is 0 Å². The fourth-order valence-electron chi connectivity index (χ4n) is 1.75. The predicted octanol–water partition coefficient (Wildman–Crippen LogP) is 1.43. The summed E-state index contributed by atoms with van der Waals surface area (Å²) in [5, 5.41) is 3.29. The van der Waals surface area contributed by atoms with E-state index >= 15 is 0 Å². The number of ether oxygens (including phenoxy) is 1. The fourth-order valence-corrected chi connectivity index (χ4v) is 1.75. The molecule has 0 radical (unpaired) electrons. The standard InChI is InChI=1S/C10H14N2O/c1-6-3-7(13-2)4-8-9(11)5-12-10(6)8/h3-4,9,12H,5,11H2,1-2H3. The van der Waals surface area contributed by atoms with E-state index in [4.69, 9.17) is 10.5 Å². The van der Waals surface area contributed by atoms with Gasteiger partial charge < -0.3 is 15.8 Å². The van der Waals surface area contributed by atoms with E-state index in [2.05, 4.69) is 12.2 Å². The Morgan fingerprint density at radius 1 is 1.54 bits per heavy atom. The van der Waals surface area contributed by atoms with Gasteiger partial charge in [-0.2, -0.15) is 0 Å². The first-order valence-corrected chi connectivity index (χ1v) is 4.40. The maximum Gasteiger partial charge on any atom is 0.119 e. The van der Waals surface area contributed by atoms with Crippen LogP contribution in [0.2, 0.25) is 0 Å². The van der Waals surface area contributed by atoms with Crippen molar-refractivity contribution in [2.75, 3.05) is 19.0 Å². The number of aryl methyl sites for hydroxylation is 1. The first kappa shape index (κ1) is 8.38. The highest BCUT2D eigenvalue weighted by Crippen LogP contribution is 2.34. The molecule has 1 unspecified atom stereocenters. The van der Waals surface area contributed by atoms with E-state index in [0.717, 1.165) is 17.9 Å². The van der Waals surface area contributed by atoms with E-state index < -0.39 is 0 Å². The Labute approximate surface area is 77.9 Å². The molecule has 0 saturated heterocycles. The average Bonchev–Trinajstić information content (AvgIpc) is 2.48. The monoisotopic (exact) mass is 178 g/mol. The molecule has 3 N–H and O–H groups in total. The quantitative estimate of drug-likeness (QED) is 0.684. The number of hydrogen-bond acceptors (Lipinski definition) is 3. The minimum Gasteiger partial charge on any atom is -0.497 e. The normalized spacial score (nSPS) is 19.5. The van der Waals surface area contributed by atoms with Crippen LogP contribution in [0.1, 0.15) is 17.2 Å². The second-order valence-corrected chi connectivity index (χ2v) is 3.40. The Morgan fingerprint density at radius 2 is 2.31 bits per heavy atom. The molecule has 1 atom stereocenters. The number of anilines is 1. The topological polar surface area (TPSA) is 47.3 Å². The Kier molecular flexibility index (Phi) is 1.88. The third-order valence-electron chi connectivity index (χ3n) is 2.47. The summed E-state index contributed by atoms with van der Waals surface area (Å²) >= 11 is 0. The van der Waals surface area contributed by atoms with Gasteiger partial charge in [-0.25, -0.2) is 0 Å². The third kappa shape index (κ3) is 1.25. The Hall–Kier alpha value is -1.22. The molecule has 1 heterocycles. The third-order valence-corrected chi connectivity index (χ3v) is 2.47. The molecule has 0 saturated carbocycles. The maximum atomic E-state index is 5.92. The van der Waals surface area contributed by atoms with Crippen molar-refractivity contribution in [2.24, 2.45) is 5.73 Å². The molecular formula is C10H14N2O. The van der Waals surface area contributed by atoms with E-state index in [1.54, 1.807) is 7.11 Å². The SMILES string of the molecule is COc1cc(C)c2c(c1)C(N)CN2. The van der Waals surface area contributed by atoms with Gasteiger partial charge in [0.25, 0.3) is 0 Å². The van der Waals surface area contributed by atoms with E-state index in [1.165, 1.54) is 11.3 Å². The summed E-state index contributed by atoms with van der Waals surface area (Å²) < 4.78 is 5.19. The van der Waals surface area contributed by atoms with Crippen molar-refractivity contribution in [3.05, 3.63) is 23.3 Å². The van der Waals surface area contributed by atoms with Crippen LogP contribution >= 0.6 is 0 Å². The van der Waals surface area contributed by atoms with Crippen LogP contribution in [-0.4, -0.2) is 13.7 Å². The van der Waals surface area contributed by atoms with Gasteiger partial charge in [-0.05, 0) is 30.2 Å². The van der Waals surface area contributed by atoms with E-state index in [1.807, 2.05) is 12.1 Å². The van der Waals surface area contributed by atoms with Crippen LogP contribution in [0, 0.1) is 6.92 Å². The van der Waals surface area contributed by atoms with Crippen LogP contribution in [0.3, 0.4) is 0 Å². The van der Waals surface area contributed by atoms with Crippen molar-refractivity contribution in [2.45, 2.75) is 13.0 Å². The summed E-state index contributed by atoms with van der Waals surface area (Å²) in [6.07, 6.45) is 0. The van der Waals surface area contributed by atoms with Crippen molar-refractivity contribution in [1.29, 1.82) is 0 Å². The summed E-state index contributed by atoms with van der Waals surface area (Å²) in [6, 6.07) is 4.13. The van der Waals surface area contributed by atoms with Crippen molar-refractivity contribution in [3.63, 3.8) is 0 Å². The van der Waals surface area contributed by atoms with Crippen LogP contribution in [0.5, 0.6) is 5.75 Å². The van der Waals surface area contributed by atoms with Gasteiger partial charge in [0.1, 0.15) is 5.75 Å². The summed E-state index contributed by atoms with van der Waals surface area (Å²) in [5.41, 5.74) is 9.46. The van der Waals surface area contributed by atoms with Gasteiger partial charge >= 0.3 is 0 Å². The van der Waals surface area contributed by atoms with Gasteiger partial charge in [0, 0.05) is 18.3 Å². The number of nitrogens with two attached hydrogens (primary N) is 1. The molecule has 1 aliphatic heterocycles. The summed E-state index contributed by atoms with van der Waals surface area (Å²) in [6.45, 7) is 2.88. The van der Waals surface area contributed by atoms with Crippen molar-refractivity contribution < 1.29 is 4.74 Å². The lowest BCUT2D eigenvalue weighted by Crippen LogP contribution is -2.11. The number of fused-ring (bicyclic) bond motifs is 1. The zero-order chi connectivity index (χ0) is 9.42. The molecule has 3 heteroatoms. The largest absolute Gasteiger partial charge is 0.497 e. The molecule has 70 valence electrons. The highest BCUT2D eigenvalue weighted by atomic mass is 16.5. The molecule has 1 aromatic carbocycles. The van der Waals surface area contributed by atoms with Crippen LogP contribution < -0.4 is 15.8 Å². The second kappa shape index (κ2) is 2.92. The Balaban J connectivity index is 2.53. The van der Waals surface area contributed by atoms with Gasteiger partial charge in [-0.1, -0.05) is 0 Å². The average molecular weight is 178 g/mol. The lowest BCUT2D eigenvalue weighted by atomic mass is 10.1. The molecule has 3 nitrogen and oxygen atoms in total. The zero-order valence-corrected chi connectivity index (χ0v) is 7.92. The molecule has 0 fully saturated rings. The predicted molar refractivity (Wildman–Crippen MR) is 53.1 cm³/mol. The van der Waals surface area contributed by atoms with Crippen LogP contribution in [0.4, 0.5) is 5.69 Å². The lowest BCUT2D eigenvalue weighted by Gasteiger charge is -2.08. The van der Waals surface area contributed by atoms with Gasteiger partial charge in [-0.3, -0.25) is 0 Å². The molecule has 0 aromatic heterocycles. The molecule has 13 heavy (non-hydrogen) atoms. The number of methoxy groups -OCH3 is 1. The molecular weight excluding hydrogens is 164 g/mol. The summed E-state index contributed by atoms with van der Waals surface area (Å²) in [7, 11) is 1.68. The number of benzene rings is 1. The molecule has 0 amide bonds. The molecule has 1 aromatic rings. The molecule has 1 aliphatic rings. The smallest absolute Gasteiger partial charge is 0.119 e. The molecule has 0 bridgehead atoms. The first-order valence-electron chi connectivity index (χ1n) is 4.40. The first-order chi connectivity index (χ1) is 6.22.